The molecule has 0 fully saturated rings. The van der Waals surface area contributed by atoms with Crippen LogP contribution in [0.15, 0.2) is 0 Å². The first kappa shape index (κ1) is 9.90. The van der Waals surface area contributed by atoms with E-state index in [1.807, 2.05) is 0 Å². The van der Waals surface area contributed by atoms with Crippen LogP contribution in [0, 0.1) is 0 Å². The molecule has 0 aliphatic carbocycles. The molecule has 0 spiro atoms. The van der Waals surface area contributed by atoms with Gasteiger partial charge in [-0.3, -0.25) is 0 Å². The molecule has 2 atom stereocenters. The first-order valence-corrected chi connectivity index (χ1v) is 3.06. The van der Waals surface area contributed by atoms with Crippen LogP contribution in [0.3, 0.4) is 0 Å². The Hall–Kier alpha value is -1.10. The third-order valence-corrected chi connectivity index (χ3v) is 1.10. The van der Waals surface area contributed by atoms with E-state index in [0.29, 0.717) is 0 Å². The Balaban J connectivity index is 3.84. The van der Waals surface area contributed by atoms with Gasteiger partial charge in [-0.15, -0.1) is 0 Å². The molecule has 0 unspecified atom stereocenters. The first-order valence-electron chi connectivity index (χ1n) is 3.06. The van der Waals surface area contributed by atoms with Crippen LogP contribution >= 0.6 is 0 Å². The highest BCUT2D eigenvalue weighted by Crippen LogP contribution is 1.97. The van der Waals surface area contributed by atoms with Gasteiger partial charge in [0.2, 0.25) is 0 Å². The highest BCUT2D eigenvalue weighted by molar-refractivity contribution is 5.74. The van der Waals surface area contributed by atoms with Crippen LogP contribution in [-0.2, 0) is 14.3 Å². The first-order chi connectivity index (χ1) is 4.95. The highest BCUT2D eigenvalue weighted by Gasteiger charge is 2.19. The second-order valence-electron chi connectivity index (χ2n) is 2.10. The van der Waals surface area contributed by atoms with Gasteiger partial charge in [0, 0.05) is 0 Å². The van der Waals surface area contributed by atoms with E-state index in [9.17, 15) is 9.59 Å². The molecule has 0 heterocycles. The molecule has 0 aliphatic heterocycles. The number of carboxylic acid groups (broad SMARTS) is 2. The van der Waals surface area contributed by atoms with Crippen LogP contribution < -0.4 is 0 Å². The van der Waals surface area contributed by atoms with Gasteiger partial charge >= 0.3 is 11.9 Å². The lowest BCUT2D eigenvalue weighted by Gasteiger charge is -2.11. The Labute approximate surface area is 63.6 Å². The predicted octanol–water partition coefficient (Wildman–Crippen LogP) is -0.0508. The van der Waals surface area contributed by atoms with Gasteiger partial charge in [0.05, 0.1) is 0 Å². The van der Waals surface area contributed by atoms with Crippen molar-refractivity contribution in [2.45, 2.75) is 26.1 Å². The molecule has 11 heavy (non-hydrogen) atoms. The summed E-state index contributed by atoms with van der Waals surface area (Å²) in [5.74, 6) is -2.34. The molecule has 0 aromatic carbocycles. The van der Waals surface area contributed by atoms with Crippen LogP contribution in [0.2, 0.25) is 0 Å². The molecule has 5 nitrogen and oxygen atoms in total. The summed E-state index contributed by atoms with van der Waals surface area (Å²) in [5.41, 5.74) is 0. The molecular formula is C6H10O5. The van der Waals surface area contributed by atoms with Crippen LogP contribution in [-0.4, -0.2) is 34.4 Å². The van der Waals surface area contributed by atoms with Gasteiger partial charge in [-0.05, 0) is 13.8 Å². The average molecular weight is 162 g/mol. The van der Waals surface area contributed by atoms with Gasteiger partial charge in [-0.25, -0.2) is 9.59 Å². The van der Waals surface area contributed by atoms with E-state index in [2.05, 4.69) is 4.74 Å². The van der Waals surface area contributed by atoms with E-state index >= 15 is 0 Å². The van der Waals surface area contributed by atoms with Gasteiger partial charge in [-0.2, -0.15) is 0 Å². The quantitative estimate of drug-likeness (QED) is 0.605. The second-order valence-corrected chi connectivity index (χ2v) is 2.10. The van der Waals surface area contributed by atoms with Crippen molar-refractivity contribution in [1.82, 2.24) is 0 Å². The molecule has 0 saturated carbocycles. The van der Waals surface area contributed by atoms with Crippen LogP contribution in [0.1, 0.15) is 13.8 Å². The van der Waals surface area contributed by atoms with Gasteiger partial charge < -0.3 is 14.9 Å². The topological polar surface area (TPSA) is 83.8 Å². The molecule has 0 rings (SSSR count). The Morgan fingerprint density at radius 2 is 1.36 bits per heavy atom. The van der Waals surface area contributed by atoms with Crippen LogP contribution in [0.4, 0.5) is 0 Å². The summed E-state index contributed by atoms with van der Waals surface area (Å²) in [6.07, 6.45) is -2.16. The summed E-state index contributed by atoms with van der Waals surface area (Å²) in [6.45, 7) is 2.56. The molecular weight excluding hydrogens is 152 g/mol. The summed E-state index contributed by atoms with van der Waals surface area (Å²) < 4.78 is 4.57. The highest BCUT2D eigenvalue weighted by atomic mass is 16.5. The lowest BCUT2D eigenvalue weighted by atomic mass is 10.3. The van der Waals surface area contributed by atoms with Gasteiger partial charge in [0.25, 0.3) is 0 Å². The van der Waals surface area contributed by atoms with Crippen molar-refractivity contribution < 1.29 is 24.5 Å². The Bertz CT molecular complexity index is 146. The normalized spacial score (nSPS) is 15.5. The molecule has 0 radical (unpaired) electrons. The van der Waals surface area contributed by atoms with Crippen molar-refractivity contribution in [3.05, 3.63) is 0 Å². The molecule has 0 bridgehead atoms. The maximum Gasteiger partial charge on any atom is 0.332 e. The van der Waals surface area contributed by atoms with Crippen molar-refractivity contribution in [1.29, 1.82) is 0 Å². The van der Waals surface area contributed by atoms with Gasteiger partial charge in [-0.1, -0.05) is 0 Å². The van der Waals surface area contributed by atoms with Crippen LogP contribution in [0.25, 0.3) is 0 Å². The Kier molecular flexibility index (Phi) is 3.53. The molecule has 2 N–H and O–H groups in total. The summed E-state index contributed by atoms with van der Waals surface area (Å²) in [5, 5.41) is 16.6. The zero-order chi connectivity index (χ0) is 9.02. The van der Waals surface area contributed by atoms with Crippen molar-refractivity contribution >= 4 is 11.9 Å². The van der Waals surface area contributed by atoms with Gasteiger partial charge in [0.15, 0.2) is 12.2 Å². The Morgan fingerprint density at radius 1 is 1.09 bits per heavy atom. The zero-order valence-electron chi connectivity index (χ0n) is 6.27. The largest absolute Gasteiger partial charge is 0.479 e. The van der Waals surface area contributed by atoms with E-state index in [1.165, 1.54) is 13.8 Å². The smallest absolute Gasteiger partial charge is 0.332 e. The fourth-order valence-corrected chi connectivity index (χ4v) is 0.423. The molecule has 0 saturated heterocycles. The molecule has 0 aromatic rings. The fraction of sp³-hybridized carbons (Fsp3) is 0.667. The maximum atomic E-state index is 10.1. The Morgan fingerprint density at radius 3 is 1.55 bits per heavy atom. The van der Waals surface area contributed by atoms with E-state index in [-0.39, 0.29) is 0 Å². The number of ether oxygens (including phenoxy) is 1. The molecule has 5 heteroatoms. The van der Waals surface area contributed by atoms with E-state index < -0.39 is 24.1 Å². The maximum absolute atomic E-state index is 10.1. The lowest BCUT2D eigenvalue weighted by Crippen LogP contribution is -2.29. The molecule has 0 aliphatic rings. The summed E-state index contributed by atoms with van der Waals surface area (Å²) in [6, 6.07) is 0. The van der Waals surface area contributed by atoms with Crippen molar-refractivity contribution in [2.75, 3.05) is 0 Å². The molecule has 0 amide bonds. The van der Waals surface area contributed by atoms with Crippen molar-refractivity contribution in [3.63, 3.8) is 0 Å². The minimum Gasteiger partial charge on any atom is -0.479 e. The van der Waals surface area contributed by atoms with Crippen molar-refractivity contribution in [3.8, 4) is 0 Å². The van der Waals surface area contributed by atoms with Crippen molar-refractivity contribution in [2.24, 2.45) is 0 Å². The minimum atomic E-state index is -1.17. The van der Waals surface area contributed by atoms with E-state index in [0.717, 1.165) is 0 Å². The zero-order valence-corrected chi connectivity index (χ0v) is 6.27. The van der Waals surface area contributed by atoms with E-state index in [4.69, 9.17) is 10.2 Å². The number of hydrogen-bond acceptors (Lipinski definition) is 3. The molecule has 0 aromatic heterocycles. The van der Waals surface area contributed by atoms with Crippen LogP contribution in [0.5, 0.6) is 0 Å². The number of carbonyl (C=O) groups is 2. The number of aliphatic carboxylic acids is 2. The minimum absolute atomic E-state index is 1.08. The SMILES string of the molecule is C[C@H](O[C@@H](C)C(=O)O)C(=O)O. The fourth-order valence-electron chi connectivity index (χ4n) is 0.423. The lowest BCUT2D eigenvalue weighted by molar-refractivity contribution is -0.162. The summed E-state index contributed by atoms with van der Waals surface area (Å²) in [7, 11) is 0. The standard InChI is InChI=1S/C6H10O5/c1-3(5(7)8)11-4(2)6(9)10/h3-4H,1-2H3,(H,7,8)(H,9,10)/t3-,4-/m0/s1. The number of carboxylic acids is 2. The summed E-state index contributed by atoms with van der Waals surface area (Å²) in [4.78, 5) is 20.3. The van der Waals surface area contributed by atoms with E-state index in [1.54, 1.807) is 0 Å². The molecule has 64 valence electrons. The second kappa shape index (κ2) is 3.92. The third-order valence-electron chi connectivity index (χ3n) is 1.10. The third kappa shape index (κ3) is 3.57. The predicted molar refractivity (Wildman–Crippen MR) is 35.3 cm³/mol. The number of hydrogen-bond donors (Lipinski definition) is 2. The monoisotopic (exact) mass is 162 g/mol. The number of rotatable bonds is 4. The average Bonchev–Trinajstić information content (AvgIpc) is 1.87. The summed E-state index contributed by atoms with van der Waals surface area (Å²) >= 11 is 0. The van der Waals surface area contributed by atoms with Gasteiger partial charge in [0.1, 0.15) is 0 Å².